The van der Waals surface area contributed by atoms with Crippen LogP contribution in [-0.2, 0) is 0 Å². The molecule has 0 spiro atoms. The van der Waals surface area contributed by atoms with E-state index in [1.54, 1.807) is 30.3 Å². The van der Waals surface area contributed by atoms with Crippen molar-refractivity contribution in [1.82, 2.24) is 5.32 Å². The summed E-state index contributed by atoms with van der Waals surface area (Å²) in [6.07, 6.45) is 0. The molecule has 1 atom stereocenters. The minimum Gasteiger partial charge on any atom is -0.466 e. The summed E-state index contributed by atoms with van der Waals surface area (Å²) in [5.74, 6) is 1.30. The highest BCUT2D eigenvalue weighted by Gasteiger charge is 2.16. The van der Waals surface area contributed by atoms with E-state index in [4.69, 9.17) is 4.42 Å². The predicted octanol–water partition coefficient (Wildman–Crippen LogP) is 4.70. The van der Waals surface area contributed by atoms with Crippen molar-refractivity contribution in [2.45, 2.75) is 26.8 Å². The molecule has 0 radical (unpaired) electrons. The van der Waals surface area contributed by atoms with Crippen LogP contribution in [0.1, 0.15) is 50.1 Å². The van der Waals surface area contributed by atoms with E-state index in [0.29, 0.717) is 16.1 Å². The van der Waals surface area contributed by atoms with Crippen molar-refractivity contribution >= 4 is 28.8 Å². The van der Waals surface area contributed by atoms with E-state index in [1.165, 1.54) is 11.3 Å². The lowest BCUT2D eigenvalue weighted by molar-refractivity contribution is 0.0939. The predicted molar refractivity (Wildman–Crippen MR) is 103 cm³/mol. The number of anilines is 1. The number of nitrogens with one attached hydrogen (secondary N) is 2. The molecule has 0 fully saturated rings. The molecule has 2 N–H and O–H groups in total. The first-order valence-electron chi connectivity index (χ1n) is 8.27. The van der Waals surface area contributed by atoms with Crippen molar-refractivity contribution in [2.24, 2.45) is 0 Å². The third-order valence-corrected chi connectivity index (χ3v) is 4.91. The summed E-state index contributed by atoms with van der Waals surface area (Å²) in [4.78, 5) is 25.1. The molecule has 2 aromatic heterocycles. The van der Waals surface area contributed by atoms with E-state index >= 15 is 0 Å². The number of benzene rings is 1. The smallest absolute Gasteiger partial charge is 0.265 e. The maximum absolute atomic E-state index is 12.4. The van der Waals surface area contributed by atoms with Gasteiger partial charge < -0.3 is 15.1 Å². The van der Waals surface area contributed by atoms with Crippen LogP contribution in [0.4, 0.5) is 5.69 Å². The number of rotatable bonds is 5. The Kier molecular flexibility index (Phi) is 5.23. The lowest BCUT2D eigenvalue weighted by atomic mass is 10.1. The van der Waals surface area contributed by atoms with Gasteiger partial charge in [-0.15, -0.1) is 11.3 Å². The van der Waals surface area contributed by atoms with Gasteiger partial charge in [0, 0.05) is 16.8 Å². The van der Waals surface area contributed by atoms with E-state index in [0.717, 1.165) is 17.1 Å². The van der Waals surface area contributed by atoms with Crippen molar-refractivity contribution in [1.29, 1.82) is 0 Å². The van der Waals surface area contributed by atoms with Crippen molar-refractivity contribution in [3.05, 3.63) is 75.4 Å². The molecule has 0 bridgehead atoms. The van der Waals surface area contributed by atoms with Gasteiger partial charge in [-0.05, 0) is 62.5 Å². The van der Waals surface area contributed by atoms with Gasteiger partial charge in [-0.2, -0.15) is 0 Å². The zero-order valence-electron chi connectivity index (χ0n) is 14.8. The second kappa shape index (κ2) is 7.58. The fourth-order valence-corrected chi connectivity index (χ4v) is 3.36. The van der Waals surface area contributed by atoms with E-state index in [2.05, 4.69) is 10.6 Å². The summed E-state index contributed by atoms with van der Waals surface area (Å²) in [7, 11) is 0. The minimum atomic E-state index is -0.174. The van der Waals surface area contributed by atoms with Crippen LogP contribution < -0.4 is 10.6 Å². The molecule has 2 amide bonds. The normalized spacial score (nSPS) is 11.8. The number of aryl methyl sites for hydroxylation is 2. The second-order valence-corrected chi connectivity index (χ2v) is 7.02. The number of carbonyl (C=O) groups excluding carboxylic acids is 2. The van der Waals surface area contributed by atoms with Crippen LogP contribution in [0.25, 0.3) is 0 Å². The maximum atomic E-state index is 12.4. The summed E-state index contributed by atoms with van der Waals surface area (Å²) in [5, 5.41) is 7.63. The number of amides is 2. The molecular formula is C20H20N2O3S. The average molecular weight is 368 g/mol. The van der Waals surface area contributed by atoms with Crippen LogP contribution in [0.3, 0.4) is 0 Å². The lowest BCUT2D eigenvalue weighted by Gasteiger charge is -2.13. The Morgan fingerprint density at radius 3 is 2.38 bits per heavy atom. The molecule has 2 heterocycles. The van der Waals surface area contributed by atoms with Crippen LogP contribution >= 0.6 is 11.3 Å². The molecule has 3 rings (SSSR count). The molecule has 0 aliphatic heterocycles. The largest absolute Gasteiger partial charge is 0.466 e. The van der Waals surface area contributed by atoms with Crippen molar-refractivity contribution in [3.8, 4) is 0 Å². The third-order valence-electron chi connectivity index (χ3n) is 4.04. The Balaban J connectivity index is 1.63. The average Bonchev–Trinajstić information content (AvgIpc) is 3.25. The molecular weight excluding hydrogens is 348 g/mol. The molecule has 134 valence electrons. The van der Waals surface area contributed by atoms with Crippen molar-refractivity contribution in [2.75, 3.05) is 5.32 Å². The van der Waals surface area contributed by atoms with E-state index < -0.39 is 0 Å². The van der Waals surface area contributed by atoms with Gasteiger partial charge >= 0.3 is 0 Å². The summed E-state index contributed by atoms with van der Waals surface area (Å²) < 4.78 is 5.52. The van der Waals surface area contributed by atoms with Crippen LogP contribution in [0.2, 0.25) is 0 Å². The Morgan fingerprint density at radius 2 is 1.81 bits per heavy atom. The number of hydrogen-bond donors (Lipinski definition) is 2. The van der Waals surface area contributed by atoms with Crippen molar-refractivity contribution in [3.63, 3.8) is 0 Å². The summed E-state index contributed by atoms with van der Waals surface area (Å²) in [6.45, 7) is 5.69. The SMILES string of the molecule is Cc1cc(C(C)NC(=O)c2ccc(NC(=O)c3cccs3)cc2)c(C)o1. The molecule has 1 aromatic carbocycles. The van der Waals surface area contributed by atoms with Gasteiger partial charge in [0.2, 0.25) is 0 Å². The molecule has 0 aliphatic rings. The first-order chi connectivity index (χ1) is 12.4. The lowest BCUT2D eigenvalue weighted by Crippen LogP contribution is -2.26. The van der Waals surface area contributed by atoms with Gasteiger partial charge in [0.1, 0.15) is 11.5 Å². The highest BCUT2D eigenvalue weighted by Crippen LogP contribution is 2.22. The molecule has 1 unspecified atom stereocenters. The Labute approximate surface area is 156 Å². The maximum Gasteiger partial charge on any atom is 0.265 e. The standard InChI is InChI=1S/C20H20N2O3S/c1-12-11-17(14(3)25-12)13(2)21-19(23)15-6-8-16(9-7-15)22-20(24)18-5-4-10-26-18/h4-11,13H,1-3H3,(H,21,23)(H,22,24). The van der Waals surface area contributed by atoms with Crippen LogP contribution in [-0.4, -0.2) is 11.8 Å². The summed E-state index contributed by atoms with van der Waals surface area (Å²) >= 11 is 1.38. The van der Waals surface area contributed by atoms with Gasteiger partial charge in [-0.3, -0.25) is 9.59 Å². The van der Waals surface area contributed by atoms with Gasteiger partial charge in [-0.25, -0.2) is 0 Å². The molecule has 5 nitrogen and oxygen atoms in total. The highest BCUT2D eigenvalue weighted by molar-refractivity contribution is 7.12. The number of thiophene rings is 1. The monoisotopic (exact) mass is 368 g/mol. The molecule has 26 heavy (non-hydrogen) atoms. The first-order valence-corrected chi connectivity index (χ1v) is 9.14. The van der Waals surface area contributed by atoms with Gasteiger partial charge in [-0.1, -0.05) is 6.07 Å². The fraction of sp³-hybridized carbons (Fsp3) is 0.200. The van der Waals surface area contributed by atoms with Gasteiger partial charge in [0.05, 0.1) is 10.9 Å². The van der Waals surface area contributed by atoms with Gasteiger partial charge in [0.15, 0.2) is 0 Å². The van der Waals surface area contributed by atoms with E-state index in [9.17, 15) is 9.59 Å². The Hall–Kier alpha value is -2.86. The number of hydrogen-bond acceptors (Lipinski definition) is 4. The zero-order chi connectivity index (χ0) is 18.7. The Morgan fingerprint density at radius 1 is 1.08 bits per heavy atom. The minimum absolute atomic E-state index is 0.154. The third kappa shape index (κ3) is 4.03. The summed E-state index contributed by atoms with van der Waals surface area (Å²) in [5.41, 5.74) is 2.15. The molecule has 0 aliphatic carbocycles. The van der Waals surface area contributed by atoms with Crippen molar-refractivity contribution < 1.29 is 14.0 Å². The highest BCUT2D eigenvalue weighted by atomic mass is 32.1. The van der Waals surface area contributed by atoms with E-state index in [-0.39, 0.29) is 17.9 Å². The molecule has 3 aromatic rings. The number of carbonyl (C=O) groups is 2. The molecule has 0 saturated heterocycles. The molecule has 6 heteroatoms. The second-order valence-electron chi connectivity index (χ2n) is 6.07. The van der Waals surface area contributed by atoms with Gasteiger partial charge in [0.25, 0.3) is 11.8 Å². The van der Waals surface area contributed by atoms with E-state index in [1.807, 2.05) is 38.3 Å². The van der Waals surface area contributed by atoms with Crippen LogP contribution in [0, 0.1) is 13.8 Å². The number of furan rings is 1. The van der Waals surface area contributed by atoms with Crippen LogP contribution in [0.15, 0.2) is 52.3 Å². The first kappa shape index (κ1) is 17.9. The topological polar surface area (TPSA) is 71.3 Å². The quantitative estimate of drug-likeness (QED) is 0.686. The van der Waals surface area contributed by atoms with Crippen LogP contribution in [0.5, 0.6) is 0 Å². The molecule has 0 saturated carbocycles. The fourth-order valence-electron chi connectivity index (χ4n) is 2.74. The summed E-state index contributed by atoms with van der Waals surface area (Å²) in [6, 6.07) is 12.2. The Bertz CT molecular complexity index is 911. The zero-order valence-corrected chi connectivity index (χ0v) is 15.6.